The van der Waals surface area contributed by atoms with Crippen LogP contribution in [-0.2, 0) is 10.2 Å². The van der Waals surface area contributed by atoms with Crippen molar-refractivity contribution >= 4 is 27.8 Å². The van der Waals surface area contributed by atoms with Crippen molar-refractivity contribution in [2.75, 3.05) is 13.1 Å². The Kier molecular flexibility index (Phi) is 4.03. The van der Waals surface area contributed by atoms with Crippen LogP contribution in [0, 0.1) is 0 Å². The molecule has 3 rings (SSSR count). The average Bonchev–Trinajstić information content (AvgIpc) is 2.72. The second kappa shape index (κ2) is 5.62. The number of hydrogen-bond acceptors (Lipinski definition) is 3. The van der Waals surface area contributed by atoms with Crippen LogP contribution in [0.3, 0.4) is 0 Å². The lowest BCUT2D eigenvalue weighted by Gasteiger charge is -2.40. The molecule has 1 aliphatic heterocycles. The molecule has 0 aromatic heterocycles. The molecule has 0 saturated carbocycles. The smallest absolute Gasteiger partial charge is 0.410 e. The number of ketones is 1. The number of amides is 1. The fourth-order valence-corrected chi connectivity index (χ4v) is 4.44. The molecular formula is C18H22BrNO3. The van der Waals surface area contributed by atoms with Crippen LogP contribution < -0.4 is 0 Å². The Morgan fingerprint density at radius 3 is 2.52 bits per heavy atom. The van der Waals surface area contributed by atoms with Crippen LogP contribution >= 0.6 is 15.9 Å². The number of ether oxygens (including phenoxy) is 1. The van der Waals surface area contributed by atoms with Crippen LogP contribution in [0.2, 0.25) is 0 Å². The van der Waals surface area contributed by atoms with Crippen molar-refractivity contribution in [3.8, 4) is 0 Å². The zero-order valence-corrected chi connectivity index (χ0v) is 15.4. The van der Waals surface area contributed by atoms with E-state index < -0.39 is 5.60 Å². The second-order valence-corrected chi connectivity index (χ2v) is 8.36. The highest BCUT2D eigenvalue weighted by Crippen LogP contribution is 2.49. The molecule has 0 atom stereocenters. The molecule has 0 unspecified atom stereocenters. The Hall–Kier alpha value is -1.36. The van der Waals surface area contributed by atoms with Gasteiger partial charge in [-0.25, -0.2) is 4.79 Å². The summed E-state index contributed by atoms with van der Waals surface area (Å²) in [4.78, 5) is 26.3. The lowest BCUT2D eigenvalue weighted by atomic mass is 9.74. The van der Waals surface area contributed by atoms with Gasteiger partial charge in [-0.05, 0) is 45.2 Å². The van der Waals surface area contributed by atoms with Crippen molar-refractivity contribution in [3.05, 3.63) is 33.8 Å². The Bertz CT molecular complexity index is 655. The number of hydrogen-bond donors (Lipinski definition) is 0. The first-order chi connectivity index (χ1) is 10.7. The van der Waals surface area contributed by atoms with Crippen LogP contribution in [0.25, 0.3) is 0 Å². The van der Waals surface area contributed by atoms with Crippen molar-refractivity contribution in [1.29, 1.82) is 0 Å². The molecule has 1 amide bonds. The van der Waals surface area contributed by atoms with Gasteiger partial charge < -0.3 is 9.64 Å². The number of Topliss-reactive ketones (excluding diaryl/α,β-unsaturated/α-hetero) is 1. The number of piperidine rings is 1. The number of carbonyl (C=O) groups is 2. The van der Waals surface area contributed by atoms with Gasteiger partial charge in [-0.3, -0.25) is 4.79 Å². The number of halogens is 1. The first kappa shape index (κ1) is 16.5. The number of likely N-dealkylation sites (tertiary alicyclic amines) is 1. The van der Waals surface area contributed by atoms with Crippen molar-refractivity contribution in [3.63, 3.8) is 0 Å². The molecule has 23 heavy (non-hydrogen) atoms. The number of nitrogens with zero attached hydrogens (tertiary/aromatic N) is 1. The number of carbonyl (C=O) groups excluding carboxylic acids is 2. The molecule has 5 heteroatoms. The molecule has 1 aromatic carbocycles. The van der Waals surface area contributed by atoms with E-state index in [0.29, 0.717) is 19.5 Å². The summed E-state index contributed by atoms with van der Waals surface area (Å²) in [6, 6.07) is 5.83. The van der Waals surface area contributed by atoms with E-state index in [-0.39, 0.29) is 17.3 Å². The Morgan fingerprint density at radius 2 is 1.91 bits per heavy atom. The lowest BCUT2D eigenvalue weighted by Crippen LogP contribution is -2.46. The standard InChI is InChI=1S/C18H22BrNO3/c1-17(2,3)23-16(22)20-9-7-18(8-10-20)11-14(21)12-5-4-6-13(19)15(12)18/h4-6H,7-11H2,1-3H3. The monoisotopic (exact) mass is 379 g/mol. The minimum absolute atomic E-state index is 0.134. The van der Waals surface area contributed by atoms with Gasteiger partial charge >= 0.3 is 6.09 Å². The van der Waals surface area contributed by atoms with Gasteiger partial charge in [0, 0.05) is 35.0 Å². The zero-order valence-electron chi connectivity index (χ0n) is 13.8. The van der Waals surface area contributed by atoms with Gasteiger partial charge in [-0.1, -0.05) is 28.1 Å². The summed E-state index contributed by atoms with van der Waals surface area (Å²) in [6.45, 7) is 6.88. The van der Waals surface area contributed by atoms with Gasteiger partial charge in [0.05, 0.1) is 0 Å². The largest absolute Gasteiger partial charge is 0.444 e. The summed E-state index contributed by atoms with van der Waals surface area (Å²) in [7, 11) is 0. The maximum atomic E-state index is 12.4. The normalized spacial score (nSPS) is 19.8. The molecule has 1 aromatic rings. The molecule has 0 N–H and O–H groups in total. The second-order valence-electron chi connectivity index (χ2n) is 7.51. The van der Waals surface area contributed by atoms with Crippen molar-refractivity contribution < 1.29 is 14.3 Å². The van der Waals surface area contributed by atoms with E-state index in [2.05, 4.69) is 15.9 Å². The zero-order chi connectivity index (χ0) is 16.8. The molecule has 2 aliphatic rings. The summed E-state index contributed by atoms with van der Waals surface area (Å²) in [5.41, 5.74) is 1.36. The average molecular weight is 380 g/mol. The first-order valence-corrected chi connectivity index (χ1v) is 8.81. The third-order valence-electron chi connectivity index (χ3n) is 4.72. The number of fused-ring (bicyclic) bond motifs is 2. The van der Waals surface area contributed by atoms with Crippen molar-refractivity contribution in [2.24, 2.45) is 0 Å². The van der Waals surface area contributed by atoms with Crippen LogP contribution in [0.4, 0.5) is 4.79 Å². The molecule has 124 valence electrons. The number of rotatable bonds is 0. The maximum Gasteiger partial charge on any atom is 0.410 e. The SMILES string of the molecule is CC(C)(C)OC(=O)N1CCC2(CC1)CC(=O)c1cccc(Br)c12. The van der Waals surface area contributed by atoms with Crippen LogP contribution in [0.1, 0.15) is 56.0 Å². The number of benzene rings is 1. The predicted molar refractivity (Wildman–Crippen MR) is 91.8 cm³/mol. The van der Waals surface area contributed by atoms with E-state index in [9.17, 15) is 9.59 Å². The Morgan fingerprint density at radius 1 is 1.26 bits per heavy atom. The van der Waals surface area contributed by atoms with Gasteiger partial charge in [0.1, 0.15) is 5.60 Å². The predicted octanol–water partition coefficient (Wildman–Crippen LogP) is 4.30. The molecule has 1 fully saturated rings. The van der Waals surface area contributed by atoms with Crippen LogP contribution in [0.5, 0.6) is 0 Å². The fraction of sp³-hybridized carbons (Fsp3) is 0.556. The molecule has 1 heterocycles. The summed E-state index contributed by atoms with van der Waals surface area (Å²) in [5, 5.41) is 0. The molecule has 1 saturated heterocycles. The van der Waals surface area contributed by atoms with Gasteiger partial charge in [0.15, 0.2) is 5.78 Å². The minimum Gasteiger partial charge on any atom is -0.444 e. The van der Waals surface area contributed by atoms with Crippen molar-refractivity contribution in [2.45, 2.75) is 51.0 Å². The molecule has 1 spiro atoms. The topological polar surface area (TPSA) is 46.6 Å². The van der Waals surface area contributed by atoms with Crippen LogP contribution in [0.15, 0.2) is 22.7 Å². The summed E-state index contributed by atoms with van der Waals surface area (Å²) < 4.78 is 6.46. The van der Waals surface area contributed by atoms with E-state index in [0.717, 1.165) is 28.4 Å². The van der Waals surface area contributed by atoms with Gasteiger partial charge in [-0.15, -0.1) is 0 Å². The Balaban J connectivity index is 1.78. The maximum absolute atomic E-state index is 12.4. The summed E-state index contributed by atoms with van der Waals surface area (Å²) >= 11 is 3.61. The van der Waals surface area contributed by atoms with E-state index in [4.69, 9.17) is 4.74 Å². The van der Waals surface area contributed by atoms with E-state index in [1.807, 2.05) is 39.0 Å². The van der Waals surface area contributed by atoms with Crippen molar-refractivity contribution in [1.82, 2.24) is 4.90 Å². The van der Waals surface area contributed by atoms with E-state index >= 15 is 0 Å². The van der Waals surface area contributed by atoms with Crippen LogP contribution in [-0.4, -0.2) is 35.5 Å². The molecular weight excluding hydrogens is 358 g/mol. The summed E-state index contributed by atoms with van der Waals surface area (Å²) in [5.74, 6) is 0.215. The van der Waals surface area contributed by atoms with Gasteiger partial charge in [0.25, 0.3) is 0 Å². The molecule has 4 nitrogen and oxygen atoms in total. The van der Waals surface area contributed by atoms with Gasteiger partial charge in [-0.2, -0.15) is 0 Å². The molecule has 0 bridgehead atoms. The molecule has 1 aliphatic carbocycles. The molecule has 0 radical (unpaired) electrons. The minimum atomic E-state index is -0.481. The fourth-order valence-electron chi connectivity index (χ4n) is 3.66. The lowest BCUT2D eigenvalue weighted by molar-refractivity contribution is 0.0165. The highest BCUT2D eigenvalue weighted by atomic mass is 79.9. The van der Waals surface area contributed by atoms with E-state index in [1.54, 1.807) is 4.90 Å². The highest BCUT2D eigenvalue weighted by Gasteiger charge is 2.47. The Labute approximate surface area is 145 Å². The summed E-state index contributed by atoms with van der Waals surface area (Å²) in [6.07, 6.45) is 1.89. The van der Waals surface area contributed by atoms with Gasteiger partial charge in [0.2, 0.25) is 0 Å². The van der Waals surface area contributed by atoms with E-state index in [1.165, 1.54) is 0 Å². The first-order valence-electron chi connectivity index (χ1n) is 8.02. The highest BCUT2D eigenvalue weighted by molar-refractivity contribution is 9.10. The third-order valence-corrected chi connectivity index (χ3v) is 5.38. The third kappa shape index (κ3) is 3.03. The quantitative estimate of drug-likeness (QED) is 0.674.